The molecule has 0 aliphatic carbocycles. The van der Waals surface area contributed by atoms with Crippen LogP contribution in [0.25, 0.3) is 11.0 Å². The summed E-state index contributed by atoms with van der Waals surface area (Å²) in [6.07, 6.45) is 1.77. The minimum Gasteiger partial charge on any atom is -0.464 e. The maximum atomic E-state index is 12.5. The molecule has 0 aliphatic heterocycles. The van der Waals surface area contributed by atoms with Crippen molar-refractivity contribution in [2.24, 2.45) is 0 Å². The van der Waals surface area contributed by atoms with Gasteiger partial charge in [-0.2, -0.15) is 0 Å². The number of carbonyl (C=O) groups is 1. The number of aryl methyl sites for hydroxylation is 2. The van der Waals surface area contributed by atoms with Gasteiger partial charge in [0.2, 0.25) is 15.9 Å². The van der Waals surface area contributed by atoms with E-state index in [2.05, 4.69) is 10.0 Å². The first-order valence-electron chi connectivity index (χ1n) is 9.58. The molecule has 2 N–H and O–H groups in total. The standard InChI is InChI=1S/C22H26N2O5S/c1-14-5-10-20-17(13-29-22(20)16(14)3)11-21(25)23-18-6-8-19(9-7-18)30(26,27)24-15(2)12-28-4/h5-10,13,15,24H,11-12H2,1-4H3,(H,23,25). The summed E-state index contributed by atoms with van der Waals surface area (Å²) < 4.78 is 37.9. The fourth-order valence-electron chi connectivity index (χ4n) is 3.24. The maximum Gasteiger partial charge on any atom is 0.240 e. The summed E-state index contributed by atoms with van der Waals surface area (Å²) in [5.41, 5.74) is 4.31. The number of hydrogen-bond donors (Lipinski definition) is 2. The molecule has 0 radical (unpaired) electrons. The fourth-order valence-corrected chi connectivity index (χ4v) is 4.47. The lowest BCUT2D eigenvalue weighted by Crippen LogP contribution is -2.35. The van der Waals surface area contributed by atoms with Gasteiger partial charge in [-0.1, -0.05) is 12.1 Å². The van der Waals surface area contributed by atoms with Gasteiger partial charge in [-0.25, -0.2) is 13.1 Å². The molecule has 2 aromatic carbocycles. The van der Waals surface area contributed by atoms with Crippen molar-refractivity contribution in [2.75, 3.05) is 19.0 Å². The molecule has 1 amide bonds. The smallest absolute Gasteiger partial charge is 0.240 e. The Morgan fingerprint density at radius 3 is 2.50 bits per heavy atom. The summed E-state index contributed by atoms with van der Waals surface area (Å²) in [7, 11) is -2.14. The van der Waals surface area contributed by atoms with Crippen LogP contribution in [0.15, 0.2) is 52.0 Å². The second kappa shape index (κ2) is 8.99. The minimum atomic E-state index is -3.66. The highest BCUT2D eigenvalue weighted by molar-refractivity contribution is 7.89. The van der Waals surface area contributed by atoms with Crippen molar-refractivity contribution in [3.8, 4) is 0 Å². The fraction of sp³-hybridized carbons (Fsp3) is 0.318. The number of anilines is 1. The first-order valence-corrected chi connectivity index (χ1v) is 11.1. The van der Waals surface area contributed by atoms with E-state index in [4.69, 9.17) is 9.15 Å². The molecule has 0 bridgehead atoms. The first-order chi connectivity index (χ1) is 14.2. The van der Waals surface area contributed by atoms with Crippen LogP contribution in [0.5, 0.6) is 0 Å². The van der Waals surface area contributed by atoms with Crippen molar-refractivity contribution < 1.29 is 22.4 Å². The number of sulfonamides is 1. The van der Waals surface area contributed by atoms with E-state index in [0.29, 0.717) is 5.69 Å². The summed E-state index contributed by atoms with van der Waals surface area (Å²) in [4.78, 5) is 12.6. The van der Waals surface area contributed by atoms with Crippen LogP contribution in [-0.4, -0.2) is 34.1 Å². The zero-order valence-electron chi connectivity index (χ0n) is 17.5. The predicted molar refractivity (Wildman–Crippen MR) is 116 cm³/mol. The molecule has 8 heteroatoms. The minimum absolute atomic E-state index is 0.120. The summed E-state index contributed by atoms with van der Waals surface area (Å²) >= 11 is 0. The Kier molecular flexibility index (Phi) is 6.60. The van der Waals surface area contributed by atoms with E-state index in [1.165, 1.54) is 19.2 Å². The van der Waals surface area contributed by atoms with Gasteiger partial charge in [0.1, 0.15) is 5.58 Å². The predicted octanol–water partition coefficient (Wildman–Crippen LogP) is 3.54. The van der Waals surface area contributed by atoms with Gasteiger partial charge >= 0.3 is 0 Å². The SMILES string of the molecule is COCC(C)NS(=O)(=O)c1ccc(NC(=O)Cc2coc3c(C)c(C)ccc23)cc1. The highest BCUT2D eigenvalue weighted by Crippen LogP contribution is 2.27. The van der Waals surface area contributed by atoms with Crippen molar-refractivity contribution in [1.82, 2.24) is 4.72 Å². The van der Waals surface area contributed by atoms with Crippen molar-refractivity contribution in [3.63, 3.8) is 0 Å². The second-order valence-corrected chi connectivity index (χ2v) is 9.09. The summed E-state index contributed by atoms with van der Waals surface area (Å²) in [5, 5.41) is 3.72. The molecule has 1 unspecified atom stereocenters. The molecular formula is C22H26N2O5S. The van der Waals surface area contributed by atoms with Crippen LogP contribution in [0.3, 0.4) is 0 Å². The van der Waals surface area contributed by atoms with Gasteiger partial charge in [-0.3, -0.25) is 4.79 Å². The summed E-state index contributed by atoms with van der Waals surface area (Å²) in [6, 6.07) is 9.66. The van der Waals surface area contributed by atoms with E-state index >= 15 is 0 Å². The lowest BCUT2D eigenvalue weighted by molar-refractivity contribution is -0.115. The van der Waals surface area contributed by atoms with Crippen LogP contribution in [0.4, 0.5) is 5.69 Å². The van der Waals surface area contributed by atoms with Crippen LogP contribution < -0.4 is 10.0 Å². The molecule has 0 saturated heterocycles. The van der Waals surface area contributed by atoms with Gasteiger partial charge in [0, 0.05) is 29.8 Å². The number of amides is 1. The maximum absolute atomic E-state index is 12.5. The van der Waals surface area contributed by atoms with Crippen molar-refractivity contribution in [3.05, 3.63) is 59.4 Å². The number of hydrogen-bond acceptors (Lipinski definition) is 5. The van der Waals surface area contributed by atoms with Crippen LogP contribution >= 0.6 is 0 Å². The Morgan fingerprint density at radius 1 is 1.13 bits per heavy atom. The molecule has 0 aliphatic rings. The second-order valence-electron chi connectivity index (χ2n) is 7.37. The Bertz CT molecular complexity index is 1150. The highest BCUT2D eigenvalue weighted by Gasteiger charge is 2.18. The summed E-state index contributed by atoms with van der Waals surface area (Å²) in [5.74, 6) is -0.210. The molecule has 0 saturated carbocycles. The number of fused-ring (bicyclic) bond motifs is 1. The highest BCUT2D eigenvalue weighted by atomic mass is 32.2. The number of rotatable bonds is 8. The average molecular weight is 431 g/mol. The van der Waals surface area contributed by atoms with Crippen molar-refractivity contribution in [1.29, 1.82) is 0 Å². The van der Waals surface area contributed by atoms with Crippen LogP contribution in [-0.2, 0) is 26.0 Å². The van der Waals surface area contributed by atoms with Gasteiger partial charge in [-0.05, 0) is 56.2 Å². The molecule has 160 valence electrons. The molecule has 1 heterocycles. The van der Waals surface area contributed by atoms with Crippen molar-refractivity contribution in [2.45, 2.75) is 38.1 Å². The van der Waals surface area contributed by atoms with Crippen molar-refractivity contribution >= 4 is 32.6 Å². The van der Waals surface area contributed by atoms with E-state index in [-0.39, 0.29) is 29.9 Å². The number of ether oxygens (including phenoxy) is 1. The lowest BCUT2D eigenvalue weighted by atomic mass is 10.0. The Hall–Kier alpha value is -2.68. The van der Waals surface area contributed by atoms with E-state index in [1.54, 1.807) is 25.3 Å². The monoisotopic (exact) mass is 430 g/mol. The molecular weight excluding hydrogens is 404 g/mol. The van der Waals surface area contributed by atoms with Crippen LogP contribution in [0.2, 0.25) is 0 Å². The zero-order valence-corrected chi connectivity index (χ0v) is 18.3. The van der Waals surface area contributed by atoms with Gasteiger partial charge in [0.05, 0.1) is 24.2 Å². The molecule has 0 spiro atoms. The topological polar surface area (TPSA) is 97.6 Å². The number of nitrogens with one attached hydrogen (secondary N) is 2. The van der Waals surface area contributed by atoms with E-state index in [9.17, 15) is 13.2 Å². The number of carbonyl (C=O) groups excluding carboxylic acids is 1. The van der Waals surface area contributed by atoms with E-state index < -0.39 is 10.0 Å². The Morgan fingerprint density at radius 2 is 1.83 bits per heavy atom. The Labute approximate surface area is 176 Å². The zero-order chi connectivity index (χ0) is 21.9. The molecule has 3 rings (SSSR count). The number of methoxy groups -OCH3 is 1. The first kappa shape index (κ1) is 22.0. The third-order valence-electron chi connectivity index (χ3n) is 4.91. The lowest BCUT2D eigenvalue weighted by Gasteiger charge is -2.13. The van der Waals surface area contributed by atoms with E-state index in [0.717, 1.165) is 27.7 Å². The third kappa shape index (κ3) is 4.89. The quantitative estimate of drug-likeness (QED) is 0.570. The molecule has 0 fully saturated rings. The average Bonchev–Trinajstić information content (AvgIpc) is 3.08. The Balaban J connectivity index is 1.67. The van der Waals surface area contributed by atoms with Gasteiger partial charge < -0.3 is 14.5 Å². The van der Waals surface area contributed by atoms with Crippen LogP contribution in [0, 0.1) is 13.8 Å². The van der Waals surface area contributed by atoms with E-state index in [1.807, 2.05) is 26.0 Å². The molecule has 30 heavy (non-hydrogen) atoms. The number of furan rings is 1. The van der Waals surface area contributed by atoms with Crippen LogP contribution in [0.1, 0.15) is 23.6 Å². The molecule has 7 nitrogen and oxygen atoms in total. The normalized spacial score (nSPS) is 12.8. The molecule has 1 atom stereocenters. The molecule has 1 aromatic heterocycles. The number of benzene rings is 2. The third-order valence-corrected chi connectivity index (χ3v) is 6.52. The molecule has 3 aromatic rings. The van der Waals surface area contributed by atoms with Gasteiger partial charge in [0.25, 0.3) is 0 Å². The van der Waals surface area contributed by atoms with Gasteiger partial charge in [-0.15, -0.1) is 0 Å². The largest absolute Gasteiger partial charge is 0.464 e. The summed E-state index contributed by atoms with van der Waals surface area (Å²) in [6.45, 7) is 6.00. The van der Waals surface area contributed by atoms with Gasteiger partial charge in [0.15, 0.2) is 0 Å².